The van der Waals surface area contributed by atoms with Gasteiger partial charge >= 0.3 is 0 Å². The molecular weight excluding hydrogens is 434 g/mol. The standard InChI is InChI=1S/C24H29N7OS/c1-3-19(32)12-17-5-7-20(8-6-17)33-24-26-21(25-22-11-16(2)28-29-22)13-23(27-24)31-14-18(15-31)30-9-4-10-30/h5-8,11,13,18H,3-4,9-10,12,14-15H2,1-2H3,(H2,25,26,27,28,29). The Kier molecular flexibility index (Phi) is 6.32. The number of hydrogen-bond acceptors (Lipinski definition) is 8. The third-order valence-electron chi connectivity index (χ3n) is 6.18. The number of likely N-dealkylation sites (tertiary alicyclic amines) is 1. The molecule has 8 nitrogen and oxygen atoms in total. The summed E-state index contributed by atoms with van der Waals surface area (Å²) >= 11 is 1.53. The van der Waals surface area contributed by atoms with Crippen LogP contribution in [0.3, 0.4) is 0 Å². The SMILES string of the molecule is CCC(=O)Cc1ccc(Sc2nc(Nc3cc(C)[nH]n3)cc(N3CC(N4CCC4)C3)n2)cc1. The highest BCUT2D eigenvalue weighted by molar-refractivity contribution is 7.99. The van der Waals surface area contributed by atoms with E-state index in [2.05, 4.69) is 25.3 Å². The average Bonchev–Trinajstić information content (AvgIpc) is 3.14. The number of anilines is 3. The number of aromatic nitrogens is 4. The first-order valence-corrected chi connectivity index (χ1v) is 12.3. The predicted molar refractivity (Wildman–Crippen MR) is 130 cm³/mol. The third-order valence-corrected chi connectivity index (χ3v) is 7.05. The van der Waals surface area contributed by atoms with Crippen LogP contribution in [0.5, 0.6) is 0 Å². The highest BCUT2D eigenvalue weighted by Gasteiger charge is 2.35. The fourth-order valence-electron chi connectivity index (χ4n) is 4.01. The molecule has 2 fully saturated rings. The summed E-state index contributed by atoms with van der Waals surface area (Å²) in [5.41, 5.74) is 2.03. The second kappa shape index (κ2) is 9.52. The van der Waals surface area contributed by atoms with Crippen LogP contribution in [0.15, 0.2) is 46.5 Å². The minimum absolute atomic E-state index is 0.252. The van der Waals surface area contributed by atoms with Gasteiger partial charge in [0.15, 0.2) is 11.0 Å². The number of benzene rings is 1. The van der Waals surface area contributed by atoms with E-state index in [1.165, 1.54) is 31.3 Å². The highest BCUT2D eigenvalue weighted by atomic mass is 32.2. The second-order valence-electron chi connectivity index (χ2n) is 8.72. The zero-order valence-corrected chi connectivity index (χ0v) is 19.9. The summed E-state index contributed by atoms with van der Waals surface area (Å²) in [6.07, 6.45) is 2.36. The number of carbonyl (C=O) groups excluding carboxylic acids is 1. The van der Waals surface area contributed by atoms with Gasteiger partial charge in [-0.25, -0.2) is 9.97 Å². The topological polar surface area (TPSA) is 90.0 Å². The normalized spacial score (nSPS) is 16.4. The van der Waals surface area contributed by atoms with Gasteiger partial charge in [-0.05, 0) is 55.9 Å². The molecule has 0 atom stereocenters. The summed E-state index contributed by atoms with van der Waals surface area (Å²) in [5, 5.41) is 11.2. The average molecular weight is 464 g/mol. The van der Waals surface area contributed by atoms with Gasteiger partial charge in [-0.2, -0.15) is 5.10 Å². The summed E-state index contributed by atoms with van der Waals surface area (Å²) in [6.45, 7) is 8.31. The number of rotatable bonds is 9. The lowest BCUT2D eigenvalue weighted by Gasteiger charge is -2.49. The van der Waals surface area contributed by atoms with E-state index in [0.29, 0.717) is 24.0 Å². The first kappa shape index (κ1) is 21.9. The molecule has 0 spiro atoms. The van der Waals surface area contributed by atoms with Crippen LogP contribution >= 0.6 is 11.8 Å². The number of ketones is 1. The zero-order valence-electron chi connectivity index (χ0n) is 19.0. The molecule has 3 aromatic rings. The molecule has 5 rings (SSSR count). The molecule has 0 aliphatic carbocycles. The van der Waals surface area contributed by atoms with Crippen LogP contribution in [0.1, 0.15) is 31.0 Å². The van der Waals surface area contributed by atoms with Gasteiger partial charge in [0.2, 0.25) is 0 Å². The number of nitrogens with zero attached hydrogens (tertiary/aromatic N) is 5. The fourth-order valence-corrected chi connectivity index (χ4v) is 4.78. The van der Waals surface area contributed by atoms with Gasteiger partial charge < -0.3 is 10.2 Å². The molecular formula is C24H29N7OS. The lowest BCUT2D eigenvalue weighted by molar-refractivity contribution is -0.118. The Hall–Kier alpha value is -2.91. The van der Waals surface area contributed by atoms with E-state index in [0.717, 1.165) is 46.7 Å². The Labute approximate surface area is 198 Å². The van der Waals surface area contributed by atoms with Crippen molar-refractivity contribution in [3.63, 3.8) is 0 Å². The lowest BCUT2D eigenvalue weighted by atomic mass is 10.0. The molecule has 2 aliphatic heterocycles. The minimum Gasteiger partial charge on any atom is -0.353 e. The van der Waals surface area contributed by atoms with Crippen molar-refractivity contribution in [1.29, 1.82) is 0 Å². The first-order valence-electron chi connectivity index (χ1n) is 11.5. The van der Waals surface area contributed by atoms with Crippen molar-refractivity contribution in [2.45, 2.75) is 49.2 Å². The molecule has 0 unspecified atom stereocenters. The van der Waals surface area contributed by atoms with Crippen LogP contribution < -0.4 is 10.2 Å². The van der Waals surface area contributed by atoms with E-state index in [1.54, 1.807) is 0 Å². The number of aryl methyl sites for hydroxylation is 1. The molecule has 0 radical (unpaired) electrons. The number of Topliss-reactive ketones (excluding diaryl/α,β-unsaturated/α-hetero) is 1. The quantitative estimate of drug-likeness (QED) is 0.463. The van der Waals surface area contributed by atoms with Gasteiger partial charge in [-0.1, -0.05) is 19.1 Å². The summed E-state index contributed by atoms with van der Waals surface area (Å²) in [6, 6.07) is 12.7. The van der Waals surface area contributed by atoms with Crippen LogP contribution in [0, 0.1) is 6.92 Å². The summed E-state index contributed by atoms with van der Waals surface area (Å²) in [7, 11) is 0. The van der Waals surface area contributed by atoms with Gasteiger partial charge in [-0.3, -0.25) is 14.8 Å². The number of nitrogens with one attached hydrogen (secondary N) is 2. The maximum absolute atomic E-state index is 11.7. The van der Waals surface area contributed by atoms with Gasteiger partial charge in [0.1, 0.15) is 17.4 Å². The van der Waals surface area contributed by atoms with Crippen molar-refractivity contribution in [3.8, 4) is 0 Å². The van der Waals surface area contributed by atoms with Crippen LogP contribution in [0.4, 0.5) is 17.5 Å². The fraction of sp³-hybridized carbons (Fsp3) is 0.417. The van der Waals surface area contributed by atoms with Crippen LogP contribution in [0.25, 0.3) is 0 Å². The summed E-state index contributed by atoms with van der Waals surface area (Å²) in [4.78, 5) is 27.2. The lowest BCUT2D eigenvalue weighted by Crippen LogP contribution is -2.63. The molecule has 0 saturated carbocycles. The van der Waals surface area contributed by atoms with Gasteiger partial charge in [0.25, 0.3) is 0 Å². The Morgan fingerprint density at radius 3 is 2.58 bits per heavy atom. The van der Waals surface area contributed by atoms with E-state index < -0.39 is 0 Å². The van der Waals surface area contributed by atoms with E-state index in [4.69, 9.17) is 9.97 Å². The smallest absolute Gasteiger partial charge is 0.196 e. The third kappa shape index (κ3) is 5.20. The molecule has 1 aromatic carbocycles. The molecule has 9 heteroatoms. The maximum atomic E-state index is 11.7. The van der Waals surface area contributed by atoms with Crippen molar-refractivity contribution in [2.75, 3.05) is 36.4 Å². The Morgan fingerprint density at radius 1 is 1.15 bits per heavy atom. The van der Waals surface area contributed by atoms with Crippen LogP contribution in [-0.4, -0.2) is 63.1 Å². The van der Waals surface area contributed by atoms with Crippen molar-refractivity contribution >= 4 is 35.0 Å². The van der Waals surface area contributed by atoms with E-state index in [-0.39, 0.29) is 5.78 Å². The van der Waals surface area contributed by atoms with E-state index in [9.17, 15) is 4.79 Å². The molecule has 2 aromatic heterocycles. The Bertz CT molecular complexity index is 1120. The van der Waals surface area contributed by atoms with E-state index in [1.807, 2.05) is 50.2 Å². The monoisotopic (exact) mass is 463 g/mol. The molecule has 2 saturated heterocycles. The van der Waals surface area contributed by atoms with Crippen molar-refractivity contribution < 1.29 is 4.79 Å². The first-order chi connectivity index (χ1) is 16.1. The summed E-state index contributed by atoms with van der Waals surface area (Å²) in [5.74, 6) is 2.65. The molecule has 2 N–H and O–H groups in total. The van der Waals surface area contributed by atoms with Crippen LogP contribution in [0.2, 0.25) is 0 Å². The Balaban J connectivity index is 1.33. The van der Waals surface area contributed by atoms with Crippen molar-refractivity contribution in [3.05, 3.63) is 47.7 Å². The minimum atomic E-state index is 0.252. The largest absolute Gasteiger partial charge is 0.353 e. The summed E-state index contributed by atoms with van der Waals surface area (Å²) < 4.78 is 0. The van der Waals surface area contributed by atoms with Gasteiger partial charge in [0.05, 0.1) is 0 Å². The number of carbonyl (C=O) groups is 1. The predicted octanol–water partition coefficient (Wildman–Crippen LogP) is 3.82. The maximum Gasteiger partial charge on any atom is 0.196 e. The molecule has 172 valence electrons. The number of aromatic amines is 1. The van der Waals surface area contributed by atoms with Crippen molar-refractivity contribution in [2.24, 2.45) is 0 Å². The van der Waals surface area contributed by atoms with E-state index >= 15 is 0 Å². The zero-order chi connectivity index (χ0) is 22.8. The number of hydrogen-bond donors (Lipinski definition) is 2. The van der Waals surface area contributed by atoms with Gasteiger partial charge in [0, 0.05) is 54.7 Å². The molecule has 0 bridgehead atoms. The second-order valence-corrected chi connectivity index (χ2v) is 9.76. The molecule has 2 aliphatic rings. The highest BCUT2D eigenvalue weighted by Crippen LogP contribution is 2.32. The molecule has 33 heavy (non-hydrogen) atoms. The van der Waals surface area contributed by atoms with Gasteiger partial charge in [-0.15, -0.1) is 0 Å². The number of H-pyrrole nitrogens is 1. The van der Waals surface area contributed by atoms with Crippen molar-refractivity contribution in [1.82, 2.24) is 25.1 Å². The molecule has 4 heterocycles. The van der Waals surface area contributed by atoms with Crippen LogP contribution in [-0.2, 0) is 11.2 Å². The molecule has 0 amide bonds. The Morgan fingerprint density at radius 2 is 1.94 bits per heavy atom.